The van der Waals surface area contributed by atoms with Crippen LogP contribution in [0.4, 0.5) is 0 Å². The summed E-state index contributed by atoms with van der Waals surface area (Å²) >= 11 is 0. The van der Waals surface area contributed by atoms with Gasteiger partial charge in [0, 0.05) is 10.8 Å². The van der Waals surface area contributed by atoms with Gasteiger partial charge in [-0.25, -0.2) is 0 Å². The molecule has 2 heteroatoms. The molecule has 0 aliphatic carbocycles. The molecule has 1 N–H and O–H groups in total. The Morgan fingerprint density at radius 2 is 1.82 bits per heavy atom. The van der Waals surface area contributed by atoms with Gasteiger partial charge in [-0.15, -0.1) is 0 Å². The lowest BCUT2D eigenvalue weighted by Gasteiger charge is -2.07. The van der Waals surface area contributed by atoms with Crippen molar-refractivity contribution in [1.82, 2.24) is 0 Å². The SMILES string of the molecule is CC[C@H](O)c1ccc2oc3ccccc3c2c1. The number of aliphatic hydroxyl groups excluding tert-OH is 1. The highest BCUT2D eigenvalue weighted by atomic mass is 16.3. The smallest absolute Gasteiger partial charge is 0.135 e. The molecule has 0 spiro atoms. The molecule has 0 bridgehead atoms. The van der Waals surface area contributed by atoms with Gasteiger partial charge in [-0.05, 0) is 30.2 Å². The van der Waals surface area contributed by atoms with Crippen LogP contribution in [0.1, 0.15) is 25.0 Å². The van der Waals surface area contributed by atoms with Crippen molar-refractivity contribution in [2.24, 2.45) is 0 Å². The highest BCUT2D eigenvalue weighted by Gasteiger charge is 2.10. The van der Waals surface area contributed by atoms with Crippen LogP contribution >= 0.6 is 0 Å². The van der Waals surface area contributed by atoms with Crippen molar-refractivity contribution in [3.8, 4) is 0 Å². The van der Waals surface area contributed by atoms with Gasteiger partial charge in [0.15, 0.2) is 0 Å². The predicted molar refractivity (Wildman–Crippen MR) is 69.0 cm³/mol. The molecule has 0 saturated heterocycles. The molecular formula is C15H14O2. The van der Waals surface area contributed by atoms with E-state index < -0.39 is 6.10 Å². The summed E-state index contributed by atoms with van der Waals surface area (Å²) < 4.78 is 5.74. The number of rotatable bonds is 2. The fourth-order valence-electron chi connectivity index (χ4n) is 2.19. The third-order valence-electron chi connectivity index (χ3n) is 3.17. The van der Waals surface area contributed by atoms with Crippen molar-refractivity contribution < 1.29 is 9.52 Å². The van der Waals surface area contributed by atoms with Crippen LogP contribution in [0.25, 0.3) is 21.9 Å². The monoisotopic (exact) mass is 226 g/mol. The van der Waals surface area contributed by atoms with Gasteiger partial charge < -0.3 is 9.52 Å². The Balaban J connectivity index is 2.30. The topological polar surface area (TPSA) is 33.4 Å². The third kappa shape index (κ3) is 1.61. The number of hydrogen-bond donors (Lipinski definition) is 1. The van der Waals surface area contributed by atoms with Gasteiger partial charge in [0.1, 0.15) is 11.2 Å². The molecule has 0 aliphatic rings. The van der Waals surface area contributed by atoms with Crippen molar-refractivity contribution in [2.75, 3.05) is 0 Å². The first-order valence-corrected chi connectivity index (χ1v) is 5.89. The van der Waals surface area contributed by atoms with Crippen molar-refractivity contribution in [3.63, 3.8) is 0 Å². The minimum absolute atomic E-state index is 0.395. The Hall–Kier alpha value is -1.80. The van der Waals surface area contributed by atoms with E-state index in [2.05, 4.69) is 0 Å². The van der Waals surface area contributed by atoms with Crippen LogP contribution in [-0.2, 0) is 0 Å². The van der Waals surface area contributed by atoms with Gasteiger partial charge in [0.05, 0.1) is 6.10 Å². The van der Waals surface area contributed by atoms with Gasteiger partial charge in [-0.3, -0.25) is 0 Å². The van der Waals surface area contributed by atoms with E-state index in [0.717, 1.165) is 33.9 Å². The van der Waals surface area contributed by atoms with E-state index in [-0.39, 0.29) is 0 Å². The van der Waals surface area contributed by atoms with E-state index in [1.54, 1.807) is 0 Å². The minimum atomic E-state index is -0.395. The summed E-state index contributed by atoms with van der Waals surface area (Å²) in [7, 11) is 0. The number of fused-ring (bicyclic) bond motifs is 3. The molecule has 0 amide bonds. The zero-order valence-electron chi connectivity index (χ0n) is 9.68. The summed E-state index contributed by atoms with van der Waals surface area (Å²) in [6.45, 7) is 1.97. The Bertz CT molecular complexity index is 667. The second kappa shape index (κ2) is 3.90. The molecule has 0 saturated carbocycles. The van der Waals surface area contributed by atoms with E-state index in [0.29, 0.717) is 0 Å². The first-order chi connectivity index (χ1) is 8.29. The van der Waals surface area contributed by atoms with E-state index in [9.17, 15) is 5.11 Å². The van der Waals surface area contributed by atoms with Crippen LogP contribution < -0.4 is 0 Å². The van der Waals surface area contributed by atoms with Crippen molar-refractivity contribution in [3.05, 3.63) is 48.0 Å². The van der Waals surface area contributed by atoms with E-state index in [1.165, 1.54) is 0 Å². The van der Waals surface area contributed by atoms with Gasteiger partial charge >= 0.3 is 0 Å². The molecule has 3 rings (SSSR count). The molecule has 0 fully saturated rings. The Morgan fingerprint density at radius 1 is 1.06 bits per heavy atom. The van der Waals surface area contributed by atoms with Crippen LogP contribution in [0, 0.1) is 0 Å². The number of hydrogen-bond acceptors (Lipinski definition) is 2. The predicted octanol–water partition coefficient (Wildman–Crippen LogP) is 4.03. The van der Waals surface area contributed by atoms with Crippen LogP contribution in [-0.4, -0.2) is 5.11 Å². The second-order valence-electron chi connectivity index (χ2n) is 4.28. The molecule has 0 unspecified atom stereocenters. The molecule has 0 aliphatic heterocycles. The van der Waals surface area contributed by atoms with Crippen molar-refractivity contribution in [2.45, 2.75) is 19.4 Å². The quantitative estimate of drug-likeness (QED) is 0.715. The number of para-hydroxylation sites is 1. The number of benzene rings is 2. The maximum atomic E-state index is 9.87. The Kier molecular flexibility index (Phi) is 2.37. The first kappa shape index (κ1) is 10.4. The minimum Gasteiger partial charge on any atom is -0.456 e. The summed E-state index contributed by atoms with van der Waals surface area (Å²) in [5.41, 5.74) is 2.72. The molecule has 1 heterocycles. The normalized spacial score (nSPS) is 13.3. The van der Waals surface area contributed by atoms with Crippen LogP contribution in [0.3, 0.4) is 0 Å². The standard InChI is InChI=1S/C15H14O2/c1-2-13(16)10-7-8-15-12(9-10)11-5-3-4-6-14(11)17-15/h3-9,13,16H,2H2,1H3/t13-/m0/s1. The molecule has 1 aromatic heterocycles. The summed E-state index contributed by atoms with van der Waals surface area (Å²) in [6, 6.07) is 13.9. The maximum Gasteiger partial charge on any atom is 0.135 e. The van der Waals surface area contributed by atoms with Gasteiger partial charge in [-0.1, -0.05) is 31.2 Å². The molecule has 17 heavy (non-hydrogen) atoms. The lowest BCUT2D eigenvalue weighted by Crippen LogP contribution is -1.93. The Labute approximate surface area is 99.5 Å². The fourth-order valence-corrected chi connectivity index (χ4v) is 2.19. The maximum absolute atomic E-state index is 9.87. The molecule has 86 valence electrons. The van der Waals surface area contributed by atoms with Gasteiger partial charge in [0.25, 0.3) is 0 Å². The van der Waals surface area contributed by atoms with E-state index in [1.807, 2.05) is 49.4 Å². The summed E-state index contributed by atoms with van der Waals surface area (Å²) in [5.74, 6) is 0. The molecule has 0 radical (unpaired) electrons. The van der Waals surface area contributed by atoms with Crippen LogP contribution in [0.2, 0.25) is 0 Å². The van der Waals surface area contributed by atoms with Crippen LogP contribution in [0.5, 0.6) is 0 Å². The van der Waals surface area contributed by atoms with Crippen molar-refractivity contribution in [1.29, 1.82) is 0 Å². The number of furan rings is 1. The summed E-state index contributed by atoms with van der Waals surface area (Å²) in [5, 5.41) is 12.0. The summed E-state index contributed by atoms with van der Waals surface area (Å²) in [6.07, 6.45) is 0.328. The largest absolute Gasteiger partial charge is 0.456 e. The third-order valence-corrected chi connectivity index (χ3v) is 3.17. The van der Waals surface area contributed by atoms with Gasteiger partial charge in [0.2, 0.25) is 0 Å². The summed E-state index contributed by atoms with van der Waals surface area (Å²) in [4.78, 5) is 0. The average molecular weight is 226 g/mol. The van der Waals surface area contributed by atoms with E-state index in [4.69, 9.17) is 4.42 Å². The zero-order valence-corrected chi connectivity index (χ0v) is 9.68. The fraction of sp³-hybridized carbons (Fsp3) is 0.200. The van der Waals surface area contributed by atoms with E-state index >= 15 is 0 Å². The molecule has 1 atom stereocenters. The highest BCUT2D eigenvalue weighted by molar-refractivity contribution is 6.04. The molecule has 2 nitrogen and oxygen atoms in total. The molecule has 3 aromatic rings. The molecular weight excluding hydrogens is 212 g/mol. The zero-order chi connectivity index (χ0) is 11.8. The lowest BCUT2D eigenvalue weighted by molar-refractivity contribution is 0.174. The van der Waals surface area contributed by atoms with Gasteiger partial charge in [-0.2, -0.15) is 0 Å². The Morgan fingerprint density at radius 3 is 2.65 bits per heavy atom. The number of aliphatic hydroxyl groups is 1. The molecule has 2 aromatic carbocycles. The lowest BCUT2D eigenvalue weighted by atomic mass is 10.0. The van der Waals surface area contributed by atoms with Crippen LogP contribution in [0.15, 0.2) is 46.9 Å². The van der Waals surface area contributed by atoms with Crippen molar-refractivity contribution >= 4 is 21.9 Å². The first-order valence-electron chi connectivity index (χ1n) is 5.89. The second-order valence-corrected chi connectivity index (χ2v) is 4.28. The highest BCUT2D eigenvalue weighted by Crippen LogP contribution is 2.30. The average Bonchev–Trinajstić information content (AvgIpc) is 2.75.